The third kappa shape index (κ3) is 3.66. The van der Waals surface area contributed by atoms with Gasteiger partial charge in [-0.3, -0.25) is 0 Å². The van der Waals surface area contributed by atoms with Crippen molar-refractivity contribution in [2.75, 3.05) is 7.11 Å². The Morgan fingerprint density at radius 2 is 2.00 bits per heavy atom. The van der Waals surface area contributed by atoms with Crippen LogP contribution < -0.4 is 4.74 Å². The lowest BCUT2D eigenvalue weighted by atomic mass is 10.2. The Morgan fingerprint density at radius 3 is 2.42 bits per heavy atom. The Bertz CT molecular complexity index is 488. The van der Waals surface area contributed by atoms with E-state index >= 15 is 0 Å². The smallest absolute Gasteiger partial charge is 0.503 e. The maximum absolute atomic E-state index is 12.5. The standard InChI is InChI=1S/C9H6F5NO4/c1-18-8(17)4-2-3(6(10)11)5(16)7(15-4)19-9(12,13)14/h2,6,16H,1H3. The molecule has 106 valence electrons. The number of hydrogen-bond acceptors (Lipinski definition) is 5. The molecule has 1 aromatic rings. The van der Waals surface area contributed by atoms with Gasteiger partial charge in [-0.1, -0.05) is 0 Å². The molecule has 0 fully saturated rings. The minimum Gasteiger partial charge on any atom is -0.503 e. The molecule has 0 aliphatic carbocycles. The van der Waals surface area contributed by atoms with Crippen molar-refractivity contribution in [3.05, 3.63) is 17.3 Å². The molecule has 0 aliphatic heterocycles. The zero-order valence-electron chi connectivity index (χ0n) is 9.16. The van der Waals surface area contributed by atoms with Gasteiger partial charge in [0.05, 0.1) is 12.7 Å². The van der Waals surface area contributed by atoms with Gasteiger partial charge in [0.15, 0.2) is 11.4 Å². The topological polar surface area (TPSA) is 68.7 Å². The molecule has 19 heavy (non-hydrogen) atoms. The van der Waals surface area contributed by atoms with Crippen molar-refractivity contribution >= 4 is 5.97 Å². The summed E-state index contributed by atoms with van der Waals surface area (Å²) in [6.07, 6.45) is -8.60. The van der Waals surface area contributed by atoms with E-state index in [1.54, 1.807) is 0 Å². The maximum atomic E-state index is 12.5. The molecule has 1 N–H and O–H groups in total. The number of carbonyl (C=O) groups excluding carboxylic acids is 1. The van der Waals surface area contributed by atoms with Gasteiger partial charge in [0.1, 0.15) is 0 Å². The second kappa shape index (κ2) is 5.24. The maximum Gasteiger partial charge on any atom is 0.574 e. The van der Waals surface area contributed by atoms with Crippen LogP contribution in [0.1, 0.15) is 22.5 Å². The number of aromatic nitrogens is 1. The molecule has 10 heteroatoms. The molecule has 0 spiro atoms. The summed E-state index contributed by atoms with van der Waals surface area (Å²) in [5, 5.41) is 9.18. The number of rotatable bonds is 3. The molecule has 5 nitrogen and oxygen atoms in total. The number of alkyl halides is 5. The molecule has 0 unspecified atom stereocenters. The normalized spacial score (nSPS) is 11.5. The van der Waals surface area contributed by atoms with E-state index in [0.717, 1.165) is 7.11 Å². The van der Waals surface area contributed by atoms with Gasteiger partial charge in [-0.05, 0) is 6.07 Å². The third-order valence-electron chi connectivity index (χ3n) is 1.83. The Kier molecular flexibility index (Phi) is 4.12. The van der Waals surface area contributed by atoms with Crippen molar-refractivity contribution in [3.63, 3.8) is 0 Å². The van der Waals surface area contributed by atoms with Crippen LogP contribution in [0.4, 0.5) is 22.0 Å². The van der Waals surface area contributed by atoms with Gasteiger partial charge in [0.2, 0.25) is 0 Å². The number of halogens is 5. The van der Waals surface area contributed by atoms with Crippen molar-refractivity contribution in [1.82, 2.24) is 4.98 Å². The molecular weight excluding hydrogens is 281 g/mol. The molecule has 0 aromatic carbocycles. The average molecular weight is 287 g/mol. The highest BCUT2D eigenvalue weighted by atomic mass is 19.4. The van der Waals surface area contributed by atoms with Gasteiger partial charge in [-0.25, -0.2) is 18.6 Å². The lowest BCUT2D eigenvalue weighted by Crippen LogP contribution is -2.19. The summed E-state index contributed by atoms with van der Waals surface area (Å²) in [7, 11) is 0.878. The largest absolute Gasteiger partial charge is 0.574 e. The molecule has 0 amide bonds. The fraction of sp³-hybridized carbons (Fsp3) is 0.333. The molecule has 0 radical (unpaired) electrons. The monoisotopic (exact) mass is 287 g/mol. The Hall–Kier alpha value is -2.13. The summed E-state index contributed by atoms with van der Waals surface area (Å²) < 4.78 is 68.4. The van der Waals surface area contributed by atoms with Crippen molar-refractivity contribution in [1.29, 1.82) is 0 Å². The molecule has 0 bridgehead atoms. The van der Waals surface area contributed by atoms with Crippen LogP contribution in [0.5, 0.6) is 11.6 Å². The second-order valence-electron chi connectivity index (χ2n) is 3.09. The summed E-state index contributed by atoms with van der Waals surface area (Å²) in [4.78, 5) is 14.0. The van der Waals surface area contributed by atoms with Crippen molar-refractivity contribution in [2.45, 2.75) is 12.8 Å². The average Bonchev–Trinajstić information content (AvgIpc) is 2.28. The summed E-state index contributed by atoms with van der Waals surface area (Å²) in [6.45, 7) is 0. The van der Waals surface area contributed by atoms with E-state index in [1.165, 1.54) is 0 Å². The molecule has 0 aliphatic rings. The number of pyridine rings is 1. The van der Waals surface area contributed by atoms with E-state index in [9.17, 15) is 31.9 Å². The first-order chi connectivity index (χ1) is 8.65. The Labute approximate surface area is 102 Å². The van der Waals surface area contributed by atoms with Crippen molar-refractivity contribution in [2.24, 2.45) is 0 Å². The number of carbonyl (C=O) groups is 1. The summed E-state index contributed by atoms with van der Waals surface area (Å²) in [5.41, 5.74) is -2.08. The van der Waals surface area contributed by atoms with Gasteiger partial charge >= 0.3 is 12.3 Å². The van der Waals surface area contributed by atoms with Crippen LogP contribution in [0.15, 0.2) is 6.07 Å². The van der Waals surface area contributed by atoms with Crippen LogP contribution in [-0.4, -0.2) is 29.5 Å². The van der Waals surface area contributed by atoms with Crippen LogP contribution >= 0.6 is 0 Å². The van der Waals surface area contributed by atoms with Gasteiger partial charge in [0.25, 0.3) is 12.3 Å². The predicted octanol–water partition coefficient (Wildman–Crippen LogP) is 2.41. The predicted molar refractivity (Wildman–Crippen MR) is 48.9 cm³/mol. The highest BCUT2D eigenvalue weighted by molar-refractivity contribution is 5.87. The number of esters is 1. The Balaban J connectivity index is 3.36. The molecular formula is C9H6F5NO4. The van der Waals surface area contributed by atoms with Crippen LogP contribution in [-0.2, 0) is 4.74 Å². The van der Waals surface area contributed by atoms with E-state index in [-0.39, 0.29) is 0 Å². The molecule has 1 rings (SSSR count). The fourth-order valence-corrected chi connectivity index (χ4v) is 1.09. The van der Waals surface area contributed by atoms with E-state index in [2.05, 4.69) is 14.5 Å². The highest BCUT2D eigenvalue weighted by Gasteiger charge is 2.35. The molecule has 0 saturated carbocycles. The molecule has 0 atom stereocenters. The first-order valence-electron chi connectivity index (χ1n) is 4.51. The van der Waals surface area contributed by atoms with Crippen LogP contribution in [0.25, 0.3) is 0 Å². The minimum absolute atomic E-state index is 0.412. The molecule has 1 aromatic heterocycles. The minimum atomic E-state index is -5.27. The summed E-state index contributed by atoms with van der Waals surface area (Å²) in [6, 6.07) is 0.412. The van der Waals surface area contributed by atoms with Crippen LogP contribution in [0.3, 0.4) is 0 Å². The molecule has 1 heterocycles. The summed E-state index contributed by atoms with van der Waals surface area (Å²) in [5.74, 6) is -4.31. The number of ether oxygens (including phenoxy) is 2. The van der Waals surface area contributed by atoms with E-state index in [1.807, 2.05) is 0 Å². The van der Waals surface area contributed by atoms with Gasteiger partial charge in [-0.15, -0.1) is 13.2 Å². The zero-order valence-corrected chi connectivity index (χ0v) is 9.16. The Morgan fingerprint density at radius 1 is 1.42 bits per heavy atom. The SMILES string of the molecule is COC(=O)c1cc(C(F)F)c(O)c(OC(F)(F)F)n1. The van der Waals surface area contributed by atoms with Gasteiger partial charge in [-0.2, -0.15) is 0 Å². The zero-order chi connectivity index (χ0) is 14.8. The highest BCUT2D eigenvalue weighted by Crippen LogP contribution is 2.37. The van der Waals surface area contributed by atoms with Crippen LogP contribution in [0.2, 0.25) is 0 Å². The number of methoxy groups -OCH3 is 1. The second-order valence-corrected chi connectivity index (χ2v) is 3.09. The van der Waals surface area contributed by atoms with E-state index in [4.69, 9.17) is 0 Å². The summed E-state index contributed by atoms with van der Waals surface area (Å²) >= 11 is 0. The van der Waals surface area contributed by atoms with E-state index in [0.29, 0.717) is 6.07 Å². The lowest BCUT2D eigenvalue weighted by molar-refractivity contribution is -0.276. The van der Waals surface area contributed by atoms with Gasteiger partial charge < -0.3 is 14.6 Å². The van der Waals surface area contributed by atoms with Crippen molar-refractivity contribution in [3.8, 4) is 11.6 Å². The van der Waals surface area contributed by atoms with Crippen LogP contribution in [0, 0.1) is 0 Å². The quantitative estimate of drug-likeness (QED) is 0.683. The van der Waals surface area contributed by atoms with Crippen molar-refractivity contribution < 1.29 is 41.3 Å². The third-order valence-corrected chi connectivity index (χ3v) is 1.83. The lowest BCUT2D eigenvalue weighted by Gasteiger charge is -2.13. The van der Waals surface area contributed by atoms with E-state index < -0.39 is 41.6 Å². The first kappa shape index (κ1) is 14.9. The van der Waals surface area contributed by atoms with Gasteiger partial charge in [0, 0.05) is 0 Å². The fourth-order valence-electron chi connectivity index (χ4n) is 1.09. The number of aromatic hydroxyl groups is 1. The first-order valence-corrected chi connectivity index (χ1v) is 4.51. The molecule has 0 saturated heterocycles. The number of nitrogens with zero attached hydrogens (tertiary/aromatic N) is 1. The number of hydrogen-bond donors (Lipinski definition) is 1.